The normalized spacial score (nSPS) is 15.8. The summed E-state index contributed by atoms with van der Waals surface area (Å²) in [5.41, 5.74) is 0.710. The van der Waals surface area contributed by atoms with Crippen LogP contribution in [0.1, 0.15) is 13.3 Å². The summed E-state index contributed by atoms with van der Waals surface area (Å²) in [5.74, 6) is -0.214. The van der Waals surface area contributed by atoms with Crippen LogP contribution >= 0.6 is 0 Å². The number of hydrogen-bond acceptors (Lipinski definition) is 3. The molecule has 0 aromatic carbocycles. The molecule has 1 aliphatic rings. The molecule has 0 saturated carbocycles. The third kappa shape index (κ3) is 2.12. The van der Waals surface area contributed by atoms with Crippen molar-refractivity contribution < 1.29 is 9.53 Å². The smallest absolute Gasteiger partial charge is 0.335 e. The first kappa shape index (κ1) is 8.84. The monoisotopic (exact) mass is 167 g/mol. The zero-order valence-corrected chi connectivity index (χ0v) is 7.41. The molecule has 12 heavy (non-hydrogen) atoms. The van der Waals surface area contributed by atoms with Crippen molar-refractivity contribution in [1.29, 1.82) is 0 Å². The number of ether oxygens (including phenoxy) is 1. The summed E-state index contributed by atoms with van der Waals surface area (Å²) in [4.78, 5) is 13.0. The molecule has 0 atom stereocenters. The Morgan fingerprint density at radius 1 is 1.75 bits per heavy atom. The summed E-state index contributed by atoms with van der Waals surface area (Å²) in [7, 11) is 1.88. The van der Waals surface area contributed by atoms with Crippen molar-refractivity contribution in [3.05, 3.63) is 24.0 Å². The quantitative estimate of drug-likeness (QED) is 0.580. The number of rotatable bonds is 2. The van der Waals surface area contributed by atoms with E-state index in [-0.39, 0.29) is 5.97 Å². The molecule has 0 aliphatic carbocycles. The van der Waals surface area contributed by atoms with Crippen molar-refractivity contribution in [3.63, 3.8) is 0 Å². The maximum Gasteiger partial charge on any atom is 0.335 e. The molecule has 1 aliphatic heterocycles. The average molecular weight is 167 g/mol. The summed E-state index contributed by atoms with van der Waals surface area (Å²) in [5, 5.41) is 0. The molecule has 0 N–H and O–H groups in total. The van der Waals surface area contributed by atoms with Crippen LogP contribution in [0.5, 0.6) is 0 Å². The number of nitrogens with zero attached hydrogens (tertiary/aromatic N) is 1. The Labute approximate surface area is 72.3 Å². The van der Waals surface area contributed by atoms with Gasteiger partial charge in [-0.3, -0.25) is 0 Å². The van der Waals surface area contributed by atoms with Crippen LogP contribution in [-0.4, -0.2) is 24.5 Å². The molecule has 0 bridgehead atoms. The molecular weight excluding hydrogens is 154 g/mol. The average Bonchev–Trinajstić information content (AvgIpc) is 2.05. The van der Waals surface area contributed by atoms with E-state index in [9.17, 15) is 4.79 Å². The van der Waals surface area contributed by atoms with Crippen LogP contribution in [0.2, 0.25) is 0 Å². The molecule has 0 fully saturated rings. The van der Waals surface area contributed by atoms with Crippen molar-refractivity contribution in [3.8, 4) is 0 Å². The van der Waals surface area contributed by atoms with E-state index in [1.807, 2.05) is 24.2 Å². The number of esters is 1. The van der Waals surface area contributed by atoms with Crippen LogP contribution in [0.4, 0.5) is 0 Å². The van der Waals surface area contributed by atoms with Crippen LogP contribution in [-0.2, 0) is 9.53 Å². The lowest BCUT2D eigenvalue weighted by Crippen LogP contribution is -2.14. The van der Waals surface area contributed by atoms with E-state index in [1.165, 1.54) is 0 Å². The van der Waals surface area contributed by atoms with Crippen LogP contribution in [0.15, 0.2) is 24.0 Å². The first-order chi connectivity index (χ1) is 5.74. The molecule has 0 aromatic heterocycles. The van der Waals surface area contributed by atoms with Crippen molar-refractivity contribution >= 4 is 5.97 Å². The van der Waals surface area contributed by atoms with Gasteiger partial charge in [0.1, 0.15) is 0 Å². The summed E-state index contributed by atoms with van der Waals surface area (Å²) in [6.07, 6.45) is 6.32. The Morgan fingerprint density at radius 3 is 3.08 bits per heavy atom. The van der Waals surface area contributed by atoms with Gasteiger partial charge in [0.05, 0.1) is 12.2 Å². The standard InChI is InChI=1S/C9H13NO2/c1-3-12-9(11)8-5-4-6-10(2)7-8/h4,6-7H,3,5H2,1-2H3. The minimum absolute atomic E-state index is 0.214. The van der Waals surface area contributed by atoms with Crippen molar-refractivity contribution in [2.75, 3.05) is 13.7 Å². The highest BCUT2D eigenvalue weighted by atomic mass is 16.5. The summed E-state index contributed by atoms with van der Waals surface area (Å²) >= 11 is 0. The van der Waals surface area contributed by atoms with Crippen LogP contribution < -0.4 is 0 Å². The number of carbonyl (C=O) groups is 1. The zero-order chi connectivity index (χ0) is 8.97. The predicted octanol–water partition coefficient (Wildman–Crippen LogP) is 1.28. The van der Waals surface area contributed by atoms with E-state index >= 15 is 0 Å². The summed E-state index contributed by atoms with van der Waals surface area (Å²) < 4.78 is 4.86. The second kappa shape index (κ2) is 3.95. The highest BCUT2D eigenvalue weighted by Gasteiger charge is 2.11. The van der Waals surface area contributed by atoms with Gasteiger partial charge >= 0.3 is 5.97 Å². The molecule has 0 unspecified atom stereocenters. The van der Waals surface area contributed by atoms with Gasteiger partial charge in [0.2, 0.25) is 0 Å². The lowest BCUT2D eigenvalue weighted by Gasteiger charge is -2.15. The van der Waals surface area contributed by atoms with Gasteiger partial charge in [0, 0.05) is 19.7 Å². The maximum atomic E-state index is 11.2. The Hall–Kier alpha value is -1.25. The van der Waals surface area contributed by atoms with Crippen LogP contribution in [0.25, 0.3) is 0 Å². The highest BCUT2D eigenvalue weighted by Crippen LogP contribution is 2.11. The largest absolute Gasteiger partial charge is 0.463 e. The van der Waals surface area contributed by atoms with E-state index in [4.69, 9.17) is 4.74 Å². The van der Waals surface area contributed by atoms with Gasteiger partial charge < -0.3 is 9.64 Å². The third-order valence-corrected chi connectivity index (χ3v) is 1.58. The minimum atomic E-state index is -0.214. The second-order valence-electron chi connectivity index (χ2n) is 2.63. The first-order valence-electron chi connectivity index (χ1n) is 4.00. The van der Waals surface area contributed by atoms with Gasteiger partial charge in [-0.15, -0.1) is 0 Å². The van der Waals surface area contributed by atoms with Crippen LogP contribution in [0, 0.1) is 0 Å². The molecule has 0 saturated heterocycles. The first-order valence-corrected chi connectivity index (χ1v) is 4.00. The molecular formula is C9H13NO2. The Morgan fingerprint density at radius 2 is 2.50 bits per heavy atom. The van der Waals surface area contributed by atoms with Gasteiger partial charge in [-0.2, -0.15) is 0 Å². The lowest BCUT2D eigenvalue weighted by molar-refractivity contribution is -0.138. The molecule has 0 radical (unpaired) electrons. The molecule has 0 amide bonds. The van der Waals surface area contributed by atoms with Gasteiger partial charge in [-0.25, -0.2) is 4.79 Å². The molecule has 1 rings (SSSR count). The van der Waals surface area contributed by atoms with Crippen LogP contribution in [0.3, 0.4) is 0 Å². The van der Waals surface area contributed by atoms with Gasteiger partial charge in [0.25, 0.3) is 0 Å². The fourth-order valence-electron chi connectivity index (χ4n) is 1.05. The maximum absolute atomic E-state index is 11.2. The Bertz CT molecular complexity index is 231. The molecule has 3 nitrogen and oxygen atoms in total. The Balaban J connectivity index is 2.57. The summed E-state index contributed by atoms with van der Waals surface area (Å²) in [6, 6.07) is 0. The van der Waals surface area contributed by atoms with E-state index in [1.54, 1.807) is 13.1 Å². The summed E-state index contributed by atoms with van der Waals surface area (Å²) in [6.45, 7) is 2.24. The van der Waals surface area contributed by atoms with Gasteiger partial charge in [-0.05, 0) is 13.1 Å². The SMILES string of the molecule is CCOC(=O)C1=CN(C)C=CC1. The zero-order valence-electron chi connectivity index (χ0n) is 7.41. The Kier molecular flexibility index (Phi) is 2.91. The molecule has 3 heteroatoms. The molecule has 66 valence electrons. The predicted molar refractivity (Wildman–Crippen MR) is 46.2 cm³/mol. The topological polar surface area (TPSA) is 29.5 Å². The fraction of sp³-hybridized carbons (Fsp3) is 0.444. The fourth-order valence-corrected chi connectivity index (χ4v) is 1.05. The van der Waals surface area contributed by atoms with Gasteiger partial charge in [0.15, 0.2) is 0 Å². The number of hydrogen-bond donors (Lipinski definition) is 0. The number of carbonyl (C=O) groups excluding carboxylic acids is 1. The molecule has 1 heterocycles. The second-order valence-corrected chi connectivity index (χ2v) is 2.63. The van der Waals surface area contributed by atoms with E-state index in [0.717, 1.165) is 0 Å². The van der Waals surface area contributed by atoms with Crippen molar-refractivity contribution in [1.82, 2.24) is 4.90 Å². The van der Waals surface area contributed by atoms with Crippen molar-refractivity contribution in [2.24, 2.45) is 0 Å². The lowest BCUT2D eigenvalue weighted by atomic mass is 10.1. The van der Waals surface area contributed by atoms with Crippen molar-refractivity contribution in [2.45, 2.75) is 13.3 Å². The molecule has 0 spiro atoms. The van der Waals surface area contributed by atoms with E-state index in [2.05, 4.69) is 0 Å². The third-order valence-electron chi connectivity index (χ3n) is 1.58. The minimum Gasteiger partial charge on any atom is -0.463 e. The van der Waals surface area contributed by atoms with E-state index < -0.39 is 0 Å². The highest BCUT2D eigenvalue weighted by molar-refractivity contribution is 5.88. The number of allylic oxidation sites excluding steroid dienone is 1. The van der Waals surface area contributed by atoms with E-state index in [0.29, 0.717) is 18.6 Å². The van der Waals surface area contributed by atoms with Gasteiger partial charge in [-0.1, -0.05) is 6.08 Å². The molecule has 0 aromatic rings.